The Morgan fingerprint density at radius 1 is 1.25 bits per heavy atom. The van der Waals surface area contributed by atoms with Crippen LogP contribution in [0.5, 0.6) is 0 Å². The van der Waals surface area contributed by atoms with Crippen molar-refractivity contribution < 1.29 is 4.79 Å². The number of rotatable bonds is 2. The van der Waals surface area contributed by atoms with Crippen LogP contribution in [0, 0.1) is 11.8 Å². The molecule has 0 saturated carbocycles. The van der Waals surface area contributed by atoms with Crippen LogP contribution in [0.2, 0.25) is 0 Å². The molecule has 0 aliphatic carbocycles. The third-order valence-corrected chi connectivity index (χ3v) is 3.50. The second-order valence-electron chi connectivity index (χ2n) is 4.75. The van der Waals surface area contributed by atoms with Crippen molar-refractivity contribution in [1.82, 2.24) is 9.80 Å². The van der Waals surface area contributed by atoms with Crippen LogP contribution in [0.1, 0.15) is 32.6 Å². The Kier molecular flexibility index (Phi) is 3.84. The van der Waals surface area contributed by atoms with Crippen LogP contribution in [-0.2, 0) is 4.79 Å². The Hall–Kier alpha value is -1.01. The number of carbonyl (C=O) groups is 1. The molecule has 0 aromatic heterocycles. The van der Waals surface area contributed by atoms with Crippen LogP contribution in [0.15, 0.2) is 0 Å². The first-order valence-corrected chi connectivity index (χ1v) is 6.25. The first kappa shape index (κ1) is 11.5. The largest absolute Gasteiger partial charge is 0.329 e. The lowest BCUT2D eigenvalue weighted by Crippen LogP contribution is -2.31. The minimum atomic E-state index is 0.267. The second kappa shape index (κ2) is 5.36. The molecule has 88 valence electrons. The Labute approximate surface area is 97.8 Å². The van der Waals surface area contributed by atoms with Gasteiger partial charge >= 0.3 is 0 Å². The van der Waals surface area contributed by atoms with Crippen molar-refractivity contribution in [3.05, 3.63) is 0 Å². The molecule has 2 saturated heterocycles. The Morgan fingerprint density at radius 3 is 2.56 bits per heavy atom. The van der Waals surface area contributed by atoms with E-state index in [1.165, 1.54) is 25.9 Å². The van der Waals surface area contributed by atoms with Gasteiger partial charge in [-0.1, -0.05) is 11.8 Å². The van der Waals surface area contributed by atoms with Gasteiger partial charge in [0.25, 0.3) is 0 Å². The van der Waals surface area contributed by atoms with E-state index in [0.717, 1.165) is 13.0 Å². The van der Waals surface area contributed by atoms with Gasteiger partial charge in [-0.3, -0.25) is 9.69 Å². The average molecular weight is 220 g/mol. The van der Waals surface area contributed by atoms with Gasteiger partial charge in [0.05, 0.1) is 13.1 Å². The molecule has 3 nitrogen and oxygen atoms in total. The normalized spacial score (nSPS) is 25.9. The van der Waals surface area contributed by atoms with E-state index in [4.69, 9.17) is 0 Å². The van der Waals surface area contributed by atoms with E-state index >= 15 is 0 Å². The van der Waals surface area contributed by atoms with Crippen LogP contribution in [-0.4, -0.2) is 47.9 Å². The summed E-state index contributed by atoms with van der Waals surface area (Å²) < 4.78 is 0. The van der Waals surface area contributed by atoms with Crippen LogP contribution in [0.25, 0.3) is 0 Å². The van der Waals surface area contributed by atoms with Crippen LogP contribution in [0.3, 0.4) is 0 Å². The molecule has 2 fully saturated rings. The van der Waals surface area contributed by atoms with E-state index < -0.39 is 0 Å². The van der Waals surface area contributed by atoms with Crippen LogP contribution >= 0.6 is 0 Å². The molecule has 2 rings (SSSR count). The van der Waals surface area contributed by atoms with E-state index in [9.17, 15) is 4.79 Å². The van der Waals surface area contributed by atoms with Crippen LogP contribution < -0.4 is 0 Å². The number of carbonyl (C=O) groups excluding carboxylic acids is 1. The van der Waals surface area contributed by atoms with Gasteiger partial charge in [-0.2, -0.15) is 0 Å². The van der Waals surface area contributed by atoms with Gasteiger partial charge in [0, 0.05) is 12.5 Å². The van der Waals surface area contributed by atoms with Gasteiger partial charge in [0.1, 0.15) is 0 Å². The highest BCUT2D eigenvalue weighted by Gasteiger charge is 2.26. The molecule has 0 spiro atoms. The van der Waals surface area contributed by atoms with Gasteiger partial charge in [0.15, 0.2) is 0 Å². The molecule has 0 aromatic carbocycles. The minimum absolute atomic E-state index is 0.267. The maximum Gasteiger partial charge on any atom is 0.223 e. The Bertz CT molecular complexity index is 310. The zero-order valence-corrected chi connectivity index (χ0v) is 10.0. The molecule has 2 aliphatic rings. The van der Waals surface area contributed by atoms with Crippen molar-refractivity contribution in [2.45, 2.75) is 38.6 Å². The summed E-state index contributed by atoms with van der Waals surface area (Å²) in [6, 6.07) is 0.383. The van der Waals surface area contributed by atoms with Gasteiger partial charge in [-0.15, -0.1) is 0 Å². The lowest BCUT2D eigenvalue weighted by atomic mass is 10.2. The van der Waals surface area contributed by atoms with Crippen molar-refractivity contribution in [1.29, 1.82) is 0 Å². The fourth-order valence-corrected chi connectivity index (χ4v) is 2.37. The molecule has 0 bridgehead atoms. The van der Waals surface area contributed by atoms with Gasteiger partial charge in [-0.05, 0) is 39.3 Å². The summed E-state index contributed by atoms with van der Waals surface area (Å²) in [5, 5.41) is 0. The highest BCUT2D eigenvalue weighted by Crippen LogP contribution is 2.16. The fourth-order valence-electron chi connectivity index (χ4n) is 2.37. The van der Waals surface area contributed by atoms with Gasteiger partial charge in [-0.25, -0.2) is 0 Å². The van der Waals surface area contributed by atoms with Crippen molar-refractivity contribution in [2.75, 3.05) is 26.2 Å². The Morgan fingerprint density at radius 2 is 1.94 bits per heavy atom. The summed E-state index contributed by atoms with van der Waals surface area (Å²) in [4.78, 5) is 15.8. The molecular formula is C13H20N2O. The predicted octanol–water partition coefficient (Wildman–Crippen LogP) is 1.10. The van der Waals surface area contributed by atoms with E-state index in [1.54, 1.807) is 0 Å². The zero-order valence-electron chi connectivity index (χ0n) is 10.0. The number of likely N-dealkylation sites (tertiary alicyclic amines) is 2. The smallest absolute Gasteiger partial charge is 0.223 e. The fraction of sp³-hybridized carbons (Fsp3) is 0.769. The van der Waals surface area contributed by atoms with E-state index in [0.29, 0.717) is 19.0 Å². The molecule has 1 atom stereocenters. The topological polar surface area (TPSA) is 23.6 Å². The highest BCUT2D eigenvalue weighted by molar-refractivity contribution is 5.78. The van der Waals surface area contributed by atoms with Crippen molar-refractivity contribution in [2.24, 2.45) is 0 Å². The SMILES string of the molecule is C[C@H]1CCC(=O)N1CC#CCN1CCCC1. The van der Waals surface area contributed by atoms with Gasteiger partial charge < -0.3 is 4.90 Å². The molecular weight excluding hydrogens is 200 g/mol. The number of hydrogen-bond donors (Lipinski definition) is 0. The zero-order chi connectivity index (χ0) is 11.4. The summed E-state index contributed by atoms with van der Waals surface area (Å²) >= 11 is 0. The number of nitrogens with zero attached hydrogens (tertiary/aromatic N) is 2. The third kappa shape index (κ3) is 2.76. The average Bonchev–Trinajstić information content (AvgIpc) is 2.87. The monoisotopic (exact) mass is 220 g/mol. The maximum absolute atomic E-state index is 11.5. The second-order valence-corrected chi connectivity index (χ2v) is 4.75. The molecule has 16 heavy (non-hydrogen) atoms. The highest BCUT2D eigenvalue weighted by atomic mass is 16.2. The Balaban J connectivity index is 1.73. The number of hydrogen-bond acceptors (Lipinski definition) is 2. The first-order chi connectivity index (χ1) is 7.77. The molecule has 2 aliphatic heterocycles. The molecule has 3 heteroatoms. The first-order valence-electron chi connectivity index (χ1n) is 6.25. The molecule has 0 unspecified atom stereocenters. The minimum Gasteiger partial charge on any atom is -0.329 e. The summed E-state index contributed by atoms with van der Waals surface area (Å²) in [6.45, 7) is 5.97. The summed E-state index contributed by atoms with van der Waals surface area (Å²) in [5.74, 6) is 6.57. The lowest BCUT2D eigenvalue weighted by molar-refractivity contribution is -0.128. The third-order valence-electron chi connectivity index (χ3n) is 3.50. The summed E-state index contributed by atoms with van der Waals surface area (Å²) in [7, 11) is 0. The molecule has 0 aromatic rings. The molecule has 1 amide bonds. The summed E-state index contributed by atoms with van der Waals surface area (Å²) in [5.41, 5.74) is 0. The van der Waals surface area contributed by atoms with Gasteiger partial charge in [0.2, 0.25) is 5.91 Å². The van der Waals surface area contributed by atoms with Crippen molar-refractivity contribution in [3.63, 3.8) is 0 Å². The van der Waals surface area contributed by atoms with E-state index in [2.05, 4.69) is 23.7 Å². The molecule has 0 N–H and O–H groups in total. The standard InChI is InChI=1S/C13H20N2O/c1-12-6-7-13(16)15(12)11-5-4-10-14-8-2-3-9-14/h12H,2-3,6-11H2,1H3/t12-/m0/s1. The molecule has 0 radical (unpaired) electrons. The summed E-state index contributed by atoms with van der Waals surface area (Å²) in [6.07, 6.45) is 4.31. The van der Waals surface area contributed by atoms with Crippen molar-refractivity contribution >= 4 is 5.91 Å². The van der Waals surface area contributed by atoms with Crippen molar-refractivity contribution in [3.8, 4) is 11.8 Å². The quantitative estimate of drug-likeness (QED) is 0.651. The molecule has 2 heterocycles. The van der Waals surface area contributed by atoms with Crippen LogP contribution in [0.4, 0.5) is 0 Å². The van der Waals surface area contributed by atoms with E-state index in [-0.39, 0.29) is 5.91 Å². The number of amides is 1. The van der Waals surface area contributed by atoms with E-state index in [1.807, 2.05) is 4.90 Å². The maximum atomic E-state index is 11.5. The predicted molar refractivity (Wildman–Crippen MR) is 63.9 cm³/mol. The lowest BCUT2D eigenvalue weighted by Gasteiger charge is -2.18.